The third kappa shape index (κ3) is 6.13. The molecule has 0 bridgehead atoms. The highest BCUT2D eigenvalue weighted by atomic mass is 32.2. The highest BCUT2D eigenvalue weighted by molar-refractivity contribution is 7.92. The van der Waals surface area contributed by atoms with E-state index in [4.69, 9.17) is 5.73 Å². The van der Waals surface area contributed by atoms with Gasteiger partial charge in [0.2, 0.25) is 0 Å². The summed E-state index contributed by atoms with van der Waals surface area (Å²) in [5.74, 6) is -4.21. The summed E-state index contributed by atoms with van der Waals surface area (Å²) in [6.07, 6.45) is 1.65. The second-order valence-corrected chi connectivity index (χ2v) is 12.8. The van der Waals surface area contributed by atoms with Gasteiger partial charge in [-0.25, -0.2) is 21.6 Å². The lowest BCUT2D eigenvalue weighted by Crippen LogP contribution is -2.49. The first-order valence-corrected chi connectivity index (χ1v) is 16.0. The van der Waals surface area contributed by atoms with Crippen LogP contribution in [0, 0.1) is 17.5 Å². The highest BCUT2D eigenvalue weighted by Gasteiger charge is 2.27. The molecule has 6 rings (SSSR count). The maximum atomic E-state index is 13.8. The summed E-state index contributed by atoms with van der Waals surface area (Å²) >= 11 is 0. The Labute approximate surface area is 264 Å². The van der Waals surface area contributed by atoms with Gasteiger partial charge in [0.15, 0.2) is 17.5 Å². The highest BCUT2D eigenvalue weighted by Crippen LogP contribution is 2.34. The number of fused-ring (bicyclic) bond motifs is 1. The number of piperazine rings is 1. The number of pyridine rings is 1. The molecular formula is C34H30F3N5O3S. The molecule has 1 fully saturated rings. The van der Waals surface area contributed by atoms with Gasteiger partial charge in [-0.15, -0.1) is 0 Å². The Kier molecular flexibility index (Phi) is 8.41. The predicted octanol–water partition coefficient (Wildman–Crippen LogP) is 6.22. The monoisotopic (exact) mass is 645 g/mol. The molecule has 0 saturated carbocycles. The van der Waals surface area contributed by atoms with Gasteiger partial charge in [0, 0.05) is 71.9 Å². The Bertz CT molecular complexity index is 2020. The van der Waals surface area contributed by atoms with Gasteiger partial charge in [-0.2, -0.15) is 0 Å². The molecule has 1 aromatic heterocycles. The first-order valence-electron chi connectivity index (χ1n) is 14.6. The summed E-state index contributed by atoms with van der Waals surface area (Å²) in [5, 5.41) is 0.855. The predicted molar refractivity (Wildman–Crippen MR) is 171 cm³/mol. The number of nitrogens with one attached hydrogen (secondary N) is 1. The fourth-order valence-electron chi connectivity index (χ4n) is 5.73. The Morgan fingerprint density at radius 1 is 0.870 bits per heavy atom. The molecule has 8 nitrogen and oxygen atoms in total. The number of aromatic nitrogens is 1. The number of rotatable bonds is 7. The fraction of sp³-hybridized carbons (Fsp3) is 0.176. The summed E-state index contributed by atoms with van der Waals surface area (Å²) in [5.41, 5.74) is 9.10. The van der Waals surface area contributed by atoms with Crippen molar-refractivity contribution in [1.82, 2.24) is 14.8 Å². The van der Waals surface area contributed by atoms with Crippen LogP contribution in [0.5, 0.6) is 0 Å². The molecule has 1 saturated heterocycles. The molecule has 4 aromatic carbocycles. The molecule has 0 radical (unpaired) electrons. The number of nitrogens with zero attached hydrogens (tertiary/aromatic N) is 3. The van der Waals surface area contributed by atoms with Crippen molar-refractivity contribution in [3.63, 3.8) is 0 Å². The lowest BCUT2D eigenvalue weighted by atomic mass is 10.0. The van der Waals surface area contributed by atoms with Crippen LogP contribution in [0.2, 0.25) is 0 Å². The zero-order valence-corrected chi connectivity index (χ0v) is 25.6. The van der Waals surface area contributed by atoms with Crippen LogP contribution in [-0.2, 0) is 10.0 Å². The van der Waals surface area contributed by atoms with E-state index in [-0.39, 0.29) is 22.5 Å². The molecular weight excluding hydrogens is 615 g/mol. The number of hydrogen-bond donors (Lipinski definition) is 2. The number of para-hydroxylation sites is 1. The second kappa shape index (κ2) is 12.5. The van der Waals surface area contributed by atoms with Crippen molar-refractivity contribution in [1.29, 1.82) is 0 Å². The first kappa shape index (κ1) is 31.1. The van der Waals surface area contributed by atoms with E-state index in [0.717, 1.165) is 17.5 Å². The number of amides is 1. The van der Waals surface area contributed by atoms with Crippen molar-refractivity contribution < 1.29 is 26.4 Å². The van der Waals surface area contributed by atoms with Crippen molar-refractivity contribution in [2.24, 2.45) is 0 Å². The largest absolute Gasteiger partial charge is 0.399 e. The minimum Gasteiger partial charge on any atom is -0.399 e. The van der Waals surface area contributed by atoms with Crippen LogP contribution >= 0.6 is 0 Å². The van der Waals surface area contributed by atoms with Crippen LogP contribution < -0.4 is 10.5 Å². The molecule has 2 heterocycles. The first-order chi connectivity index (χ1) is 22.0. The lowest BCUT2D eigenvalue weighted by Gasteiger charge is -2.38. The Hall–Kier alpha value is -4.94. The van der Waals surface area contributed by atoms with Gasteiger partial charge in [0.1, 0.15) is 0 Å². The van der Waals surface area contributed by atoms with E-state index in [1.807, 2.05) is 29.2 Å². The minimum atomic E-state index is -4.08. The zero-order chi connectivity index (χ0) is 32.6. The molecule has 46 heavy (non-hydrogen) atoms. The van der Waals surface area contributed by atoms with E-state index in [1.165, 1.54) is 24.3 Å². The molecule has 12 heteroatoms. The van der Waals surface area contributed by atoms with Crippen molar-refractivity contribution in [3.8, 4) is 11.1 Å². The van der Waals surface area contributed by atoms with Crippen LogP contribution in [0.1, 0.15) is 28.9 Å². The smallest absolute Gasteiger partial charge is 0.262 e. The van der Waals surface area contributed by atoms with Gasteiger partial charge in [-0.05, 0) is 73.2 Å². The molecule has 1 atom stereocenters. The molecule has 1 unspecified atom stereocenters. The number of hydrogen-bond acceptors (Lipinski definition) is 6. The number of halogens is 3. The van der Waals surface area contributed by atoms with E-state index < -0.39 is 27.5 Å². The average molecular weight is 646 g/mol. The molecule has 1 aliphatic heterocycles. The van der Waals surface area contributed by atoms with Crippen molar-refractivity contribution in [3.05, 3.63) is 120 Å². The average Bonchev–Trinajstić information content (AvgIpc) is 3.06. The quantitative estimate of drug-likeness (QED) is 0.161. The van der Waals surface area contributed by atoms with Gasteiger partial charge in [0.25, 0.3) is 15.9 Å². The zero-order valence-electron chi connectivity index (χ0n) is 24.8. The van der Waals surface area contributed by atoms with Crippen LogP contribution in [-0.4, -0.2) is 55.3 Å². The molecule has 0 spiro atoms. The summed E-state index contributed by atoms with van der Waals surface area (Å²) in [6, 6.07) is 21.6. The Morgan fingerprint density at radius 3 is 2.24 bits per heavy atom. The van der Waals surface area contributed by atoms with E-state index >= 15 is 0 Å². The van der Waals surface area contributed by atoms with Gasteiger partial charge < -0.3 is 10.6 Å². The maximum absolute atomic E-state index is 13.8. The van der Waals surface area contributed by atoms with Crippen molar-refractivity contribution in [2.75, 3.05) is 36.6 Å². The summed E-state index contributed by atoms with van der Waals surface area (Å²) < 4.78 is 70.8. The molecule has 5 aromatic rings. The topological polar surface area (TPSA) is 109 Å². The third-order valence-corrected chi connectivity index (χ3v) is 9.68. The lowest BCUT2D eigenvalue weighted by molar-refractivity contribution is 0.0581. The minimum absolute atomic E-state index is 0.0261. The molecule has 1 amide bonds. The molecule has 236 valence electrons. The summed E-state index contributed by atoms with van der Waals surface area (Å²) in [6.45, 7) is 3.40. The van der Waals surface area contributed by atoms with Crippen LogP contribution in [0.3, 0.4) is 0 Å². The van der Waals surface area contributed by atoms with E-state index in [2.05, 4.69) is 9.71 Å². The number of sulfonamides is 1. The fourth-order valence-corrected chi connectivity index (χ4v) is 6.99. The van der Waals surface area contributed by atoms with E-state index in [0.29, 0.717) is 59.6 Å². The number of benzene rings is 4. The summed E-state index contributed by atoms with van der Waals surface area (Å²) in [4.78, 5) is 21.4. The standard InChI is InChI=1S/C34H30F3N5O3S/c1-21(24-18-29(35)32(37)30(36)19-24)41-14-16-42(17-15-41)34(43)23-7-10-26(11-8-23)40-46(44,45)31-12-9-25(38)20-28(31)27-6-2-4-22-5-3-13-39-33(22)27/h2-13,18-21,40H,14-17,38H2,1H3. The number of nitrogen functional groups attached to an aromatic ring is 1. The van der Waals surface area contributed by atoms with Gasteiger partial charge >= 0.3 is 0 Å². The Balaban J connectivity index is 1.15. The van der Waals surface area contributed by atoms with Crippen LogP contribution in [0.25, 0.3) is 22.0 Å². The van der Waals surface area contributed by atoms with Gasteiger partial charge in [-0.3, -0.25) is 19.4 Å². The van der Waals surface area contributed by atoms with Crippen LogP contribution in [0.15, 0.2) is 96.0 Å². The molecule has 3 N–H and O–H groups in total. The van der Waals surface area contributed by atoms with E-state index in [9.17, 15) is 26.4 Å². The van der Waals surface area contributed by atoms with Gasteiger partial charge in [0.05, 0.1) is 10.4 Å². The molecule has 0 aliphatic carbocycles. The molecule has 1 aliphatic rings. The number of carbonyl (C=O) groups is 1. The van der Waals surface area contributed by atoms with Crippen LogP contribution in [0.4, 0.5) is 24.5 Å². The number of carbonyl (C=O) groups excluding carboxylic acids is 1. The maximum Gasteiger partial charge on any atom is 0.262 e. The normalized spacial score (nSPS) is 14.7. The Morgan fingerprint density at radius 2 is 1.54 bits per heavy atom. The SMILES string of the molecule is CC(c1cc(F)c(F)c(F)c1)N1CCN(C(=O)c2ccc(NS(=O)(=O)c3ccc(N)cc3-c3cccc4cccnc34)cc2)CC1. The number of nitrogens with two attached hydrogens (primary N) is 1. The number of anilines is 2. The second-order valence-electron chi connectivity index (χ2n) is 11.1. The summed E-state index contributed by atoms with van der Waals surface area (Å²) in [7, 11) is -4.08. The van der Waals surface area contributed by atoms with E-state index in [1.54, 1.807) is 42.3 Å². The van der Waals surface area contributed by atoms with Gasteiger partial charge in [-0.1, -0.05) is 24.3 Å². The van der Waals surface area contributed by atoms with Crippen molar-refractivity contribution >= 4 is 38.2 Å². The third-order valence-electron chi connectivity index (χ3n) is 8.24. The van der Waals surface area contributed by atoms with Crippen molar-refractivity contribution in [2.45, 2.75) is 17.9 Å².